The fraction of sp³-hybridized carbons (Fsp3) is 0.600. The van der Waals surface area contributed by atoms with Crippen molar-refractivity contribution in [3.63, 3.8) is 0 Å². The van der Waals surface area contributed by atoms with Crippen LogP contribution in [-0.2, 0) is 4.74 Å². The smallest absolute Gasteiger partial charge is 0.338 e. The molecule has 0 amide bonds. The van der Waals surface area contributed by atoms with E-state index >= 15 is 0 Å². The Morgan fingerprint density at radius 3 is 2.15 bits per heavy atom. The second-order valence-corrected chi connectivity index (χ2v) is 11.5. The molecular formula is C35H48FNO3. The number of hydrogen-bond acceptors (Lipinski definition) is 4. The summed E-state index contributed by atoms with van der Waals surface area (Å²) in [5.41, 5.74) is 1.36. The molecule has 1 aliphatic carbocycles. The van der Waals surface area contributed by atoms with Gasteiger partial charge in [0.05, 0.1) is 23.7 Å². The first-order valence-corrected chi connectivity index (χ1v) is 15.7. The summed E-state index contributed by atoms with van der Waals surface area (Å²) in [7, 11) is 0. The number of rotatable bonds is 17. The molecule has 5 heteroatoms. The van der Waals surface area contributed by atoms with Gasteiger partial charge < -0.3 is 9.47 Å². The fourth-order valence-electron chi connectivity index (χ4n) is 5.64. The quantitative estimate of drug-likeness (QED) is 0.145. The van der Waals surface area contributed by atoms with Crippen LogP contribution in [0.3, 0.4) is 0 Å². The zero-order valence-electron chi connectivity index (χ0n) is 24.7. The Balaban J connectivity index is 1.45. The van der Waals surface area contributed by atoms with Crippen LogP contribution in [0.15, 0.2) is 42.5 Å². The minimum absolute atomic E-state index is 0.157. The van der Waals surface area contributed by atoms with Crippen LogP contribution in [0.4, 0.5) is 4.39 Å². The van der Waals surface area contributed by atoms with Crippen molar-refractivity contribution >= 4 is 5.97 Å². The molecule has 1 saturated carbocycles. The molecule has 218 valence electrons. The Morgan fingerprint density at radius 1 is 0.900 bits per heavy atom. The van der Waals surface area contributed by atoms with E-state index in [1.165, 1.54) is 57.4 Å². The van der Waals surface area contributed by atoms with Crippen LogP contribution >= 0.6 is 0 Å². The van der Waals surface area contributed by atoms with Gasteiger partial charge in [0, 0.05) is 11.6 Å². The summed E-state index contributed by atoms with van der Waals surface area (Å²) in [6, 6.07) is 14.4. The number of nitrogens with zero attached hydrogens (tertiary/aromatic N) is 1. The van der Waals surface area contributed by atoms with Crippen LogP contribution in [0.2, 0.25) is 0 Å². The molecule has 1 fully saturated rings. The zero-order chi connectivity index (χ0) is 28.6. The van der Waals surface area contributed by atoms with Crippen LogP contribution in [0.1, 0.15) is 127 Å². The molecule has 2 aromatic rings. The van der Waals surface area contributed by atoms with Gasteiger partial charge in [-0.25, -0.2) is 9.18 Å². The summed E-state index contributed by atoms with van der Waals surface area (Å²) in [4.78, 5) is 12.8. The first-order valence-electron chi connectivity index (χ1n) is 15.7. The highest BCUT2D eigenvalue weighted by molar-refractivity contribution is 5.90. The van der Waals surface area contributed by atoms with Crippen molar-refractivity contribution in [3.8, 4) is 22.9 Å². The predicted octanol–water partition coefficient (Wildman–Crippen LogP) is 10.2. The van der Waals surface area contributed by atoms with Gasteiger partial charge in [-0.3, -0.25) is 0 Å². The van der Waals surface area contributed by atoms with E-state index in [2.05, 4.69) is 19.9 Å². The highest BCUT2D eigenvalue weighted by Gasteiger charge is 2.36. The molecule has 0 saturated heterocycles. The van der Waals surface area contributed by atoms with Crippen molar-refractivity contribution < 1.29 is 18.7 Å². The number of hydrogen-bond donors (Lipinski definition) is 0. The van der Waals surface area contributed by atoms with Crippen molar-refractivity contribution in [2.24, 2.45) is 5.41 Å². The number of nitriles is 1. The molecule has 4 nitrogen and oxygen atoms in total. The summed E-state index contributed by atoms with van der Waals surface area (Å²) in [6.07, 6.45) is 16.9. The Labute approximate surface area is 241 Å². The van der Waals surface area contributed by atoms with E-state index in [4.69, 9.17) is 9.47 Å². The Hall–Kier alpha value is -2.87. The molecule has 0 atom stereocenters. The highest BCUT2D eigenvalue weighted by atomic mass is 19.1. The Kier molecular flexibility index (Phi) is 13.5. The van der Waals surface area contributed by atoms with Gasteiger partial charge in [-0.05, 0) is 68.4 Å². The molecule has 0 N–H and O–H groups in total. The normalized spacial score (nSPS) is 18.7. The van der Waals surface area contributed by atoms with E-state index in [-0.39, 0.29) is 23.3 Å². The molecule has 0 aliphatic heterocycles. The SMILES string of the molecule is CCCCCCCCOc1ccc(-c2ccc(C(=O)OC3CCC(C#N)(CCCCCCC)CC3)cc2)c(F)c1. The van der Waals surface area contributed by atoms with E-state index in [1.54, 1.807) is 36.4 Å². The summed E-state index contributed by atoms with van der Waals surface area (Å²) in [6.45, 7) is 5.01. The van der Waals surface area contributed by atoms with Gasteiger partial charge in [0.15, 0.2) is 0 Å². The second-order valence-electron chi connectivity index (χ2n) is 11.5. The standard InChI is InChI=1S/C35H48FNO3/c1-3-5-7-9-11-13-25-39-31-18-19-32(33(36)26-31)28-14-16-29(17-15-28)34(38)40-30-20-23-35(27-37,24-21-30)22-12-10-8-6-4-2/h14-19,26,30H,3-13,20-25H2,1-2H3. The van der Waals surface area contributed by atoms with Crippen LogP contribution in [0, 0.1) is 22.6 Å². The molecule has 0 heterocycles. The van der Waals surface area contributed by atoms with E-state index in [9.17, 15) is 14.4 Å². The largest absolute Gasteiger partial charge is 0.493 e. The average Bonchev–Trinajstić information content (AvgIpc) is 2.98. The van der Waals surface area contributed by atoms with E-state index in [0.717, 1.165) is 51.4 Å². The van der Waals surface area contributed by atoms with Crippen molar-refractivity contribution in [3.05, 3.63) is 53.8 Å². The number of ether oxygens (including phenoxy) is 2. The maximum atomic E-state index is 14.8. The van der Waals surface area contributed by atoms with Crippen LogP contribution in [0.5, 0.6) is 5.75 Å². The van der Waals surface area contributed by atoms with Crippen molar-refractivity contribution in [1.82, 2.24) is 0 Å². The summed E-state index contributed by atoms with van der Waals surface area (Å²) >= 11 is 0. The first kappa shape index (κ1) is 31.7. The third kappa shape index (κ3) is 9.95. The summed E-state index contributed by atoms with van der Waals surface area (Å²) < 4.78 is 26.4. The van der Waals surface area contributed by atoms with Gasteiger partial charge >= 0.3 is 5.97 Å². The summed E-state index contributed by atoms with van der Waals surface area (Å²) in [5.74, 6) is -0.164. The zero-order valence-corrected chi connectivity index (χ0v) is 24.7. The van der Waals surface area contributed by atoms with Crippen molar-refractivity contribution in [2.75, 3.05) is 6.61 Å². The molecule has 1 aliphatic rings. The number of esters is 1. The predicted molar refractivity (Wildman–Crippen MR) is 160 cm³/mol. The van der Waals surface area contributed by atoms with Crippen LogP contribution < -0.4 is 4.74 Å². The molecular weight excluding hydrogens is 501 g/mol. The second kappa shape index (κ2) is 17.1. The third-order valence-corrected chi connectivity index (χ3v) is 8.30. The Morgan fingerprint density at radius 2 is 1.52 bits per heavy atom. The van der Waals surface area contributed by atoms with E-state index < -0.39 is 0 Å². The van der Waals surface area contributed by atoms with Gasteiger partial charge in [-0.2, -0.15) is 5.26 Å². The molecule has 0 spiro atoms. The number of unbranched alkanes of at least 4 members (excludes halogenated alkanes) is 9. The minimum atomic E-state index is -0.362. The van der Waals surface area contributed by atoms with Crippen molar-refractivity contribution in [1.29, 1.82) is 5.26 Å². The van der Waals surface area contributed by atoms with Crippen molar-refractivity contribution in [2.45, 2.75) is 123 Å². The summed E-state index contributed by atoms with van der Waals surface area (Å²) in [5, 5.41) is 9.84. The van der Waals surface area contributed by atoms with E-state index in [0.29, 0.717) is 29.0 Å². The first-order chi connectivity index (χ1) is 19.5. The Bertz CT molecular complexity index is 1070. The average molecular weight is 550 g/mol. The lowest BCUT2D eigenvalue weighted by Gasteiger charge is -2.34. The van der Waals surface area contributed by atoms with Gasteiger partial charge in [0.25, 0.3) is 0 Å². The molecule has 0 bridgehead atoms. The number of halogens is 1. The maximum absolute atomic E-state index is 14.8. The fourth-order valence-corrected chi connectivity index (χ4v) is 5.64. The molecule has 0 radical (unpaired) electrons. The lowest BCUT2D eigenvalue weighted by Crippen LogP contribution is -2.31. The lowest BCUT2D eigenvalue weighted by atomic mass is 9.71. The van der Waals surface area contributed by atoms with Crippen LogP contribution in [0.25, 0.3) is 11.1 Å². The number of carbonyl (C=O) groups excluding carboxylic acids is 1. The van der Waals surface area contributed by atoms with Gasteiger partial charge in [-0.1, -0.05) is 90.2 Å². The highest BCUT2D eigenvalue weighted by Crippen LogP contribution is 2.41. The van der Waals surface area contributed by atoms with Gasteiger partial charge in [-0.15, -0.1) is 0 Å². The molecule has 40 heavy (non-hydrogen) atoms. The monoisotopic (exact) mass is 549 g/mol. The maximum Gasteiger partial charge on any atom is 0.338 e. The molecule has 0 aromatic heterocycles. The third-order valence-electron chi connectivity index (χ3n) is 8.30. The van der Waals surface area contributed by atoms with Gasteiger partial charge in [0.2, 0.25) is 0 Å². The lowest BCUT2D eigenvalue weighted by molar-refractivity contribution is 0.0105. The van der Waals surface area contributed by atoms with Gasteiger partial charge in [0.1, 0.15) is 17.7 Å². The van der Waals surface area contributed by atoms with E-state index in [1.807, 2.05) is 0 Å². The molecule has 0 unspecified atom stereocenters. The molecule has 3 rings (SSSR count). The topological polar surface area (TPSA) is 59.3 Å². The molecule has 2 aromatic carbocycles. The van der Waals surface area contributed by atoms with Crippen LogP contribution in [-0.4, -0.2) is 18.7 Å². The number of carbonyl (C=O) groups is 1. The minimum Gasteiger partial charge on any atom is -0.493 e. The number of benzene rings is 2.